The summed E-state index contributed by atoms with van der Waals surface area (Å²) >= 11 is 6.09. The molecule has 1 heterocycles. The van der Waals surface area contributed by atoms with Gasteiger partial charge in [-0.25, -0.2) is 0 Å². The van der Waals surface area contributed by atoms with Crippen LogP contribution in [-0.4, -0.2) is 24.6 Å². The number of benzene rings is 1. The lowest BCUT2D eigenvalue weighted by molar-refractivity contribution is -0.0509. The van der Waals surface area contributed by atoms with Gasteiger partial charge in [0.25, 0.3) is 0 Å². The van der Waals surface area contributed by atoms with Gasteiger partial charge in [0.1, 0.15) is 12.4 Å². The molecule has 108 valence electrons. The van der Waals surface area contributed by atoms with E-state index in [4.69, 9.17) is 21.1 Å². The van der Waals surface area contributed by atoms with E-state index < -0.39 is 0 Å². The summed E-state index contributed by atoms with van der Waals surface area (Å²) in [5, 5.41) is 0.475. The molecular formula is C16H19ClO3. The summed E-state index contributed by atoms with van der Waals surface area (Å²) in [7, 11) is 0. The van der Waals surface area contributed by atoms with Crippen LogP contribution in [0.15, 0.2) is 18.2 Å². The van der Waals surface area contributed by atoms with Crippen LogP contribution in [0.2, 0.25) is 5.02 Å². The second-order valence-corrected chi connectivity index (χ2v) is 6.16. The zero-order chi connectivity index (χ0) is 14.0. The lowest BCUT2D eigenvalue weighted by Gasteiger charge is -2.24. The van der Waals surface area contributed by atoms with E-state index in [2.05, 4.69) is 0 Å². The lowest BCUT2D eigenvalue weighted by Crippen LogP contribution is -2.27. The molecule has 1 atom stereocenters. The molecule has 3 nitrogen and oxygen atoms in total. The first kappa shape index (κ1) is 13.9. The highest BCUT2D eigenvalue weighted by atomic mass is 35.5. The molecule has 1 saturated carbocycles. The van der Waals surface area contributed by atoms with Crippen molar-refractivity contribution < 1.29 is 14.3 Å². The van der Waals surface area contributed by atoms with Gasteiger partial charge in [0.15, 0.2) is 6.29 Å². The zero-order valence-corrected chi connectivity index (χ0v) is 12.2. The number of hydrogen-bond donors (Lipinski definition) is 0. The number of ether oxygens (including phenoxy) is 2. The minimum atomic E-state index is 0.113. The third kappa shape index (κ3) is 2.70. The van der Waals surface area contributed by atoms with Gasteiger partial charge in [0, 0.05) is 0 Å². The van der Waals surface area contributed by atoms with Crippen molar-refractivity contribution in [1.82, 2.24) is 0 Å². The van der Waals surface area contributed by atoms with Gasteiger partial charge in [-0.3, -0.25) is 4.79 Å². The number of para-hydroxylation sites is 1. The maximum atomic E-state index is 11.0. The Morgan fingerprint density at radius 1 is 1.35 bits per heavy atom. The van der Waals surface area contributed by atoms with Crippen LogP contribution in [0, 0.1) is 0 Å². The highest BCUT2D eigenvalue weighted by Gasteiger charge is 2.42. The van der Waals surface area contributed by atoms with Crippen molar-refractivity contribution in [3.8, 4) is 5.75 Å². The summed E-state index contributed by atoms with van der Waals surface area (Å²) in [6.45, 7) is 0.465. The van der Waals surface area contributed by atoms with E-state index in [1.165, 1.54) is 25.7 Å². The van der Waals surface area contributed by atoms with E-state index in [1.807, 2.05) is 0 Å². The highest BCUT2D eigenvalue weighted by molar-refractivity contribution is 6.32. The van der Waals surface area contributed by atoms with Gasteiger partial charge >= 0.3 is 0 Å². The summed E-state index contributed by atoms with van der Waals surface area (Å²) in [6.07, 6.45) is 7.94. The number of hydrogen-bond acceptors (Lipinski definition) is 3. The van der Waals surface area contributed by atoms with Crippen LogP contribution in [0.4, 0.5) is 0 Å². The van der Waals surface area contributed by atoms with Gasteiger partial charge in [-0.2, -0.15) is 0 Å². The Morgan fingerprint density at radius 3 is 2.90 bits per heavy atom. The second-order valence-electron chi connectivity index (χ2n) is 5.76. The van der Waals surface area contributed by atoms with E-state index in [1.54, 1.807) is 18.2 Å². The van der Waals surface area contributed by atoms with Crippen molar-refractivity contribution in [2.75, 3.05) is 6.61 Å². The first-order valence-corrected chi connectivity index (χ1v) is 7.65. The first-order valence-electron chi connectivity index (χ1n) is 7.27. The SMILES string of the molecule is O=Cc1cccc(Cl)c1OCC1CCC2(CCCC2)O1. The minimum absolute atomic E-state index is 0.113. The Labute approximate surface area is 124 Å². The average Bonchev–Trinajstić information content (AvgIpc) is 3.08. The van der Waals surface area contributed by atoms with Crippen molar-refractivity contribution in [1.29, 1.82) is 0 Å². The predicted octanol–water partition coefficient (Wildman–Crippen LogP) is 4.02. The molecule has 20 heavy (non-hydrogen) atoms. The topological polar surface area (TPSA) is 35.5 Å². The van der Waals surface area contributed by atoms with Crippen LogP contribution in [0.25, 0.3) is 0 Å². The molecule has 0 N–H and O–H groups in total. The summed E-state index contributed by atoms with van der Waals surface area (Å²) in [5.74, 6) is 0.472. The molecule has 2 fully saturated rings. The number of rotatable bonds is 4. The largest absolute Gasteiger partial charge is 0.489 e. The van der Waals surface area contributed by atoms with Crippen LogP contribution in [-0.2, 0) is 4.74 Å². The molecule has 1 unspecified atom stereocenters. The average molecular weight is 295 g/mol. The molecule has 0 aromatic heterocycles. The van der Waals surface area contributed by atoms with Gasteiger partial charge in [-0.05, 0) is 37.8 Å². The Balaban J connectivity index is 1.62. The van der Waals surface area contributed by atoms with Crippen LogP contribution < -0.4 is 4.74 Å². The fourth-order valence-electron chi connectivity index (χ4n) is 3.35. The van der Waals surface area contributed by atoms with Gasteiger partial charge in [0.05, 0.1) is 22.3 Å². The fourth-order valence-corrected chi connectivity index (χ4v) is 3.58. The standard InChI is InChI=1S/C16H19ClO3/c17-14-5-3-4-12(10-18)15(14)19-11-13-6-9-16(20-13)7-1-2-8-16/h3-5,10,13H,1-2,6-9,11H2. The molecule has 4 heteroatoms. The maximum absolute atomic E-state index is 11.0. The van der Waals surface area contributed by atoms with Gasteiger partial charge in [-0.15, -0.1) is 0 Å². The van der Waals surface area contributed by atoms with Crippen LogP contribution in [0.5, 0.6) is 5.75 Å². The molecule has 1 saturated heterocycles. The van der Waals surface area contributed by atoms with Crippen LogP contribution in [0.3, 0.4) is 0 Å². The van der Waals surface area contributed by atoms with E-state index in [0.29, 0.717) is 22.9 Å². The highest BCUT2D eigenvalue weighted by Crippen LogP contribution is 2.43. The Hall–Kier alpha value is -1.06. The minimum Gasteiger partial charge on any atom is -0.489 e. The summed E-state index contributed by atoms with van der Waals surface area (Å²) in [5.41, 5.74) is 0.605. The molecule has 0 radical (unpaired) electrons. The second kappa shape index (κ2) is 5.74. The van der Waals surface area contributed by atoms with Crippen molar-refractivity contribution in [2.45, 2.75) is 50.2 Å². The molecule has 1 aliphatic carbocycles. The molecule has 0 bridgehead atoms. The van der Waals surface area contributed by atoms with E-state index in [9.17, 15) is 4.79 Å². The van der Waals surface area contributed by atoms with Crippen molar-refractivity contribution in [3.05, 3.63) is 28.8 Å². The van der Waals surface area contributed by atoms with Gasteiger partial charge < -0.3 is 9.47 Å². The Morgan fingerprint density at radius 2 is 2.15 bits per heavy atom. The van der Waals surface area contributed by atoms with Crippen LogP contribution in [0.1, 0.15) is 48.9 Å². The van der Waals surface area contributed by atoms with Crippen molar-refractivity contribution in [3.63, 3.8) is 0 Å². The first-order chi connectivity index (χ1) is 9.72. The molecule has 2 aliphatic rings. The van der Waals surface area contributed by atoms with Gasteiger partial charge in [-0.1, -0.05) is 30.5 Å². The molecule has 1 spiro atoms. The quantitative estimate of drug-likeness (QED) is 0.787. The molecule has 1 aromatic rings. The zero-order valence-electron chi connectivity index (χ0n) is 11.4. The molecule has 1 aromatic carbocycles. The molecular weight excluding hydrogens is 276 g/mol. The van der Waals surface area contributed by atoms with Gasteiger partial charge in [0.2, 0.25) is 0 Å². The summed E-state index contributed by atoms with van der Waals surface area (Å²) in [6, 6.07) is 5.19. The smallest absolute Gasteiger partial charge is 0.153 e. The fraction of sp³-hybridized carbons (Fsp3) is 0.562. The van der Waals surface area contributed by atoms with Crippen LogP contribution >= 0.6 is 11.6 Å². The lowest BCUT2D eigenvalue weighted by atomic mass is 9.98. The molecule has 3 rings (SSSR count). The molecule has 0 amide bonds. The number of carbonyl (C=O) groups excluding carboxylic acids is 1. The normalized spacial score (nSPS) is 24.1. The number of aldehydes is 1. The number of halogens is 1. The third-order valence-electron chi connectivity index (χ3n) is 4.39. The molecule has 1 aliphatic heterocycles. The van der Waals surface area contributed by atoms with Crippen molar-refractivity contribution in [2.24, 2.45) is 0 Å². The summed E-state index contributed by atoms with van der Waals surface area (Å²) in [4.78, 5) is 11.0. The van der Waals surface area contributed by atoms with Crippen molar-refractivity contribution >= 4 is 17.9 Å². The van der Waals surface area contributed by atoms with E-state index >= 15 is 0 Å². The Kier molecular flexibility index (Phi) is 3.99. The predicted molar refractivity (Wildman–Crippen MR) is 77.6 cm³/mol. The van der Waals surface area contributed by atoms with E-state index in [-0.39, 0.29) is 11.7 Å². The monoisotopic (exact) mass is 294 g/mol. The van der Waals surface area contributed by atoms with E-state index in [0.717, 1.165) is 19.1 Å². The summed E-state index contributed by atoms with van der Waals surface area (Å²) < 4.78 is 11.9. The maximum Gasteiger partial charge on any atom is 0.153 e. The third-order valence-corrected chi connectivity index (χ3v) is 4.69. The number of carbonyl (C=O) groups is 1. The Bertz CT molecular complexity index is 494.